The third kappa shape index (κ3) is 3.96. The molecule has 3 N–H and O–H groups in total. The zero-order chi connectivity index (χ0) is 16.3. The van der Waals surface area contributed by atoms with E-state index in [1.165, 1.54) is 12.0 Å². The SMILES string of the molecule is O=C(NCC1CNCCC1(F)F)Nc1ccc2c(n1)CCCC2. The average Bonchev–Trinajstić information content (AvgIpc) is 2.53. The standard InChI is InChI=1S/C16H22F2N4O/c17-16(18)7-8-19-9-12(16)10-20-15(23)22-14-6-5-11-3-1-2-4-13(11)21-14/h5-6,12,19H,1-4,7-10H2,(H2,20,21,22,23). The van der Waals surface area contributed by atoms with Gasteiger partial charge in [-0.25, -0.2) is 18.6 Å². The fourth-order valence-corrected chi connectivity index (χ4v) is 3.13. The molecule has 1 fully saturated rings. The molecule has 23 heavy (non-hydrogen) atoms. The summed E-state index contributed by atoms with van der Waals surface area (Å²) in [6.45, 7) is 0.468. The van der Waals surface area contributed by atoms with Gasteiger partial charge in [0.2, 0.25) is 0 Å². The number of fused-ring (bicyclic) bond motifs is 1. The van der Waals surface area contributed by atoms with Gasteiger partial charge >= 0.3 is 6.03 Å². The molecule has 1 aliphatic heterocycles. The summed E-state index contributed by atoms with van der Waals surface area (Å²) in [5.74, 6) is -3.14. The predicted octanol–water partition coefficient (Wildman–Crippen LogP) is 2.33. The summed E-state index contributed by atoms with van der Waals surface area (Å²) in [7, 11) is 0. The summed E-state index contributed by atoms with van der Waals surface area (Å²) in [5, 5.41) is 8.09. The maximum Gasteiger partial charge on any atom is 0.320 e. The van der Waals surface area contributed by atoms with E-state index in [2.05, 4.69) is 20.9 Å². The number of alkyl halides is 2. The van der Waals surface area contributed by atoms with Crippen LogP contribution < -0.4 is 16.0 Å². The molecule has 1 atom stereocenters. The Morgan fingerprint density at radius 3 is 3.00 bits per heavy atom. The number of aromatic nitrogens is 1. The highest BCUT2D eigenvalue weighted by Gasteiger charge is 2.41. The van der Waals surface area contributed by atoms with Crippen molar-refractivity contribution >= 4 is 11.8 Å². The second-order valence-electron chi connectivity index (χ2n) is 6.26. The number of piperidine rings is 1. The normalized spacial score (nSPS) is 23.0. The summed E-state index contributed by atoms with van der Waals surface area (Å²) >= 11 is 0. The molecule has 2 amide bonds. The fraction of sp³-hybridized carbons (Fsp3) is 0.625. The summed E-state index contributed by atoms with van der Waals surface area (Å²) in [6, 6.07) is 3.26. The van der Waals surface area contributed by atoms with Crippen LogP contribution in [0.25, 0.3) is 0 Å². The molecule has 1 aliphatic carbocycles. The molecular weight excluding hydrogens is 302 g/mol. The van der Waals surface area contributed by atoms with Gasteiger partial charge in [-0.2, -0.15) is 0 Å². The maximum atomic E-state index is 13.7. The number of aryl methyl sites for hydroxylation is 2. The number of rotatable bonds is 3. The van der Waals surface area contributed by atoms with Gasteiger partial charge in [-0.15, -0.1) is 0 Å². The predicted molar refractivity (Wildman–Crippen MR) is 83.8 cm³/mol. The van der Waals surface area contributed by atoms with Crippen LogP contribution in [0, 0.1) is 5.92 Å². The fourth-order valence-electron chi connectivity index (χ4n) is 3.13. The maximum absolute atomic E-state index is 13.7. The van der Waals surface area contributed by atoms with E-state index in [1.54, 1.807) is 6.07 Å². The molecule has 0 saturated carbocycles. The lowest BCUT2D eigenvalue weighted by atomic mass is 9.95. The first-order chi connectivity index (χ1) is 11.0. The highest BCUT2D eigenvalue weighted by Crippen LogP contribution is 2.29. The topological polar surface area (TPSA) is 66.1 Å². The number of hydrogen-bond donors (Lipinski definition) is 3. The van der Waals surface area contributed by atoms with Crippen LogP contribution in [0.2, 0.25) is 0 Å². The molecule has 1 saturated heterocycles. The van der Waals surface area contributed by atoms with E-state index >= 15 is 0 Å². The average molecular weight is 324 g/mol. The van der Waals surface area contributed by atoms with Crippen molar-refractivity contribution in [2.24, 2.45) is 5.92 Å². The van der Waals surface area contributed by atoms with Crippen molar-refractivity contribution in [2.45, 2.75) is 38.0 Å². The number of nitrogens with zero attached hydrogens (tertiary/aromatic N) is 1. The zero-order valence-corrected chi connectivity index (χ0v) is 13.0. The summed E-state index contributed by atoms with van der Waals surface area (Å²) in [6.07, 6.45) is 4.04. The molecule has 0 radical (unpaired) electrons. The first-order valence-electron chi connectivity index (χ1n) is 8.17. The Morgan fingerprint density at radius 1 is 1.35 bits per heavy atom. The quantitative estimate of drug-likeness (QED) is 0.799. The number of carbonyl (C=O) groups excluding carboxylic acids is 1. The molecule has 1 aromatic heterocycles. The molecule has 0 aromatic carbocycles. The monoisotopic (exact) mass is 324 g/mol. The van der Waals surface area contributed by atoms with Gasteiger partial charge in [0.05, 0.1) is 5.92 Å². The molecule has 1 aromatic rings. The number of pyridine rings is 1. The van der Waals surface area contributed by atoms with Gasteiger partial charge in [-0.1, -0.05) is 6.07 Å². The van der Waals surface area contributed by atoms with E-state index in [1.807, 2.05) is 6.07 Å². The largest absolute Gasteiger partial charge is 0.337 e. The van der Waals surface area contributed by atoms with E-state index < -0.39 is 17.9 Å². The van der Waals surface area contributed by atoms with Crippen molar-refractivity contribution in [3.63, 3.8) is 0 Å². The first kappa shape index (κ1) is 16.1. The van der Waals surface area contributed by atoms with Crippen LogP contribution in [-0.4, -0.2) is 36.6 Å². The summed E-state index contributed by atoms with van der Waals surface area (Å²) in [5.41, 5.74) is 2.26. The number of hydrogen-bond acceptors (Lipinski definition) is 3. The van der Waals surface area contributed by atoms with Gasteiger partial charge in [-0.05, 0) is 37.3 Å². The summed E-state index contributed by atoms with van der Waals surface area (Å²) < 4.78 is 27.4. The molecule has 2 aliphatic rings. The first-order valence-corrected chi connectivity index (χ1v) is 8.17. The Labute approximate surface area is 134 Å². The van der Waals surface area contributed by atoms with Gasteiger partial charge in [0, 0.05) is 31.7 Å². The highest BCUT2D eigenvalue weighted by molar-refractivity contribution is 5.88. The third-order valence-corrected chi connectivity index (χ3v) is 4.55. The smallest absolute Gasteiger partial charge is 0.320 e. The minimum atomic E-state index is -2.73. The van der Waals surface area contributed by atoms with Crippen LogP contribution in [0.3, 0.4) is 0 Å². The minimum absolute atomic E-state index is 0.0588. The number of anilines is 1. The highest BCUT2D eigenvalue weighted by atomic mass is 19.3. The second-order valence-corrected chi connectivity index (χ2v) is 6.26. The van der Waals surface area contributed by atoms with Crippen LogP contribution in [0.1, 0.15) is 30.5 Å². The Kier molecular flexibility index (Phi) is 4.75. The molecule has 3 rings (SSSR count). The molecule has 0 spiro atoms. The van der Waals surface area contributed by atoms with E-state index in [-0.39, 0.29) is 19.5 Å². The van der Waals surface area contributed by atoms with Crippen molar-refractivity contribution in [1.29, 1.82) is 0 Å². The van der Waals surface area contributed by atoms with E-state index in [9.17, 15) is 13.6 Å². The number of halogens is 2. The number of urea groups is 1. The van der Waals surface area contributed by atoms with Gasteiger partial charge in [0.15, 0.2) is 0 Å². The minimum Gasteiger partial charge on any atom is -0.337 e. The van der Waals surface area contributed by atoms with Crippen molar-refractivity contribution in [3.8, 4) is 0 Å². The second kappa shape index (κ2) is 6.78. The molecule has 7 heteroatoms. The molecule has 0 bridgehead atoms. The van der Waals surface area contributed by atoms with Crippen molar-refractivity contribution in [2.75, 3.05) is 25.0 Å². The van der Waals surface area contributed by atoms with Gasteiger partial charge < -0.3 is 10.6 Å². The van der Waals surface area contributed by atoms with Crippen LogP contribution in [-0.2, 0) is 12.8 Å². The lowest BCUT2D eigenvalue weighted by Crippen LogP contribution is -2.50. The molecule has 5 nitrogen and oxygen atoms in total. The van der Waals surface area contributed by atoms with E-state index in [0.717, 1.165) is 25.0 Å². The Bertz CT molecular complexity index is 579. The van der Waals surface area contributed by atoms with Crippen molar-refractivity contribution in [1.82, 2.24) is 15.6 Å². The summed E-state index contributed by atoms with van der Waals surface area (Å²) in [4.78, 5) is 16.4. The van der Waals surface area contributed by atoms with Crippen LogP contribution >= 0.6 is 0 Å². The van der Waals surface area contributed by atoms with Crippen molar-refractivity contribution < 1.29 is 13.6 Å². The Balaban J connectivity index is 1.53. The van der Waals surface area contributed by atoms with Crippen molar-refractivity contribution in [3.05, 3.63) is 23.4 Å². The lowest BCUT2D eigenvalue weighted by Gasteiger charge is -2.31. The zero-order valence-electron chi connectivity index (χ0n) is 13.0. The molecular formula is C16H22F2N4O. The van der Waals surface area contributed by atoms with Crippen LogP contribution in [0.4, 0.5) is 19.4 Å². The number of amides is 2. The van der Waals surface area contributed by atoms with Gasteiger partial charge in [-0.3, -0.25) is 5.32 Å². The number of carbonyl (C=O) groups is 1. The molecule has 1 unspecified atom stereocenters. The Hall–Kier alpha value is -1.76. The number of nitrogens with one attached hydrogen (secondary N) is 3. The van der Waals surface area contributed by atoms with Gasteiger partial charge in [0.25, 0.3) is 5.92 Å². The molecule has 126 valence electrons. The van der Waals surface area contributed by atoms with Crippen LogP contribution in [0.15, 0.2) is 12.1 Å². The van der Waals surface area contributed by atoms with Crippen LogP contribution in [0.5, 0.6) is 0 Å². The Morgan fingerprint density at radius 2 is 2.17 bits per heavy atom. The van der Waals surface area contributed by atoms with Gasteiger partial charge in [0.1, 0.15) is 5.82 Å². The van der Waals surface area contributed by atoms with E-state index in [0.29, 0.717) is 12.4 Å². The molecule has 2 heterocycles. The van der Waals surface area contributed by atoms with E-state index in [4.69, 9.17) is 0 Å². The third-order valence-electron chi connectivity index (χ3n) is 4.55. The lowest BCUT2D eigenvalue weighted by molar-refractivity contribution is -0.0758.